The summed E-state index contributed by atoms with van der Waals surface area (Å²) in [5.74, 6) is 1.65. The molecule has 0 bridgehead atoms. The number of para-hydroxylation sites is 2. The summed E-state index contributed by atoms with van der Waals surface area (Å²) >= 11 is 5.97. The van der Waals surface area contributed by atoms with Crippen molar-refractivity contribution < 1.29 is 17.6 Å². The van der Waals surface area contributed by atoms with Crippen molar-refractivity contribution in [3.8, 4) is 5.75 Å². The molecular formula is C27H25ClN2O4S. The monoisotopic (exact) mass is 508 g/mol. The Kier molecular flexibility index (Phi) is 7.70. The smallest absolute Gasteiger partial charge is 0.243 e. The Morgan fingerprint density at radius 1 is 0.943 bits per heavy atom. The Labute approximate surface area is 210 Å². The second-order valence-corrected chi connectivity index (χ2v) is 10.3. The van der Waals surface area contributed by atoms with Gasteiger partial charge in [0.05, 0.1) is 24.8 Å². The van der Waals surface area contributed by atoms with Crippen LogP contribution in [0.15, 0.2) is 99.2 Å². The normalized spacial score (nSPS) is 11.9. The SMILES string of the molecule is COc1ccccc1N=Cc1ccc(CN(Cc2ccc(C)cc2)S(=O)(=O)c2ccc(Cl)cc2)o1. The third-order valence-electron chi connectivity index (χ3n) is 5.36. The number of nitrogens with zero attached hydrogens (tertiary/aromatic N) is 2. The van der Waals surface area contributed by atoms with Crippen LogP contribution in [0.2, 0.25) is 5.02 Å². The average Bonchev–Trinajstić information content (AvgIpc) is 3.31. The van der Waals surface area contributed by atoms with Crippen molar-refractivity contribution in [2.75, 3.05) is 7.11 Å². The van der Waals surface area contributed by atoms with Crippen molar-refractivity contribution in [3.05, 3.63) is 113 Å². The molecule has 4 aromatic rings. The summed E-state index contributed by atoms with van der Waals surface area (Å²) in [5, 5.41) is 0.471. The van der Waals surface area contributed by atoms with Gasteiger partial charge in [0, 0.05) is 11.6 Å². The Bertz CT molecular complexity index is 1410. The first-order valence-corrected chi connectivity index (χ1v) is 12.7. The Morgan fingerprint density at radius 3 is 2.37 bits per heavy atom. The van der Waals surface area contributed by atoms with Crippen LogP contribution in [0.1, 0.15) is 22.6 Å². The number of hydrogen-bond acceptors (Lipinski definition) is 5. The van der Waals surface area contributed by atoms with E-state index in [1.165, 1.54) is 16.4 Å². The van der Waals surface area contributed by atoms with E-state index in [0.29, 0.717) is 28.0 Å². The first kappa shape index (κ1) is 24.7. The van der Waals surface area contributed by atoms with Crippen molar-refractivity contribution >= 4 is 33.5 Å². The molecule has 0 aliphatic rings. The standard InChI is InChI=1S/C27H25ClN2O4S/c1-20-7-9-21(10-8-20)18-30(35(31,32)25-15-11-22(28)12-16-25)19-24-14-13-23(34-24)17-29-26-5-3-4-6-27(26)33-2/h3-17H,18-19H2,1-2H3. The predicted molar refractivity (Wildman–Crippen MR) is 138 cm³/mol. The molecule has 0 atom stereocenters. The lowest BCUT2D eigenvalue weighted by Crippen LogP contribution is -2.30. The van der Waals surface area contributed by atoms with Gasteiger partial charge in [-0.25, -0.2) is 13.4 Å². The molecule has 0 saturated heterocycles. The molecule has 35 heavy (non-hydrogen) atoms. The molecule has 180 valence electrons. The average molecular weight is 509 g/mol. The van der Waals surface area contributed by atoms with E-state index in [1.54, 1.807) is 37.6 Å². The molecular weight excluding hydrogens is 484 g/mol. The number of halogens is 1. The fourth-order valence-electron chi connectivity index (χ4n) is 3.47. The van der Waals surface area contributed by atoms with Crippen molar-refractivity contribution in [1.82, 2.24) is 4.31 Å². The largest absolute Gasteiger partial charge is 0.494 e. The maximum atomic E-state index is 13.5. The highest BCUT2D eigenvalue weighted by molar-refractivity contribution is 7.89. The third kappa shape index (κ3) is 6.19. The summed E-state index contributed by atoms with van der Waals surface area (Å²) in [4.78, 5) is 4.60. The molecule has 0 amide bonds. The summed E-state index contributed by atoms with van der Waals surface area (Å²) < 4.78 is 39.6. The summed E-state index contributed by atoms with van der Waals surface area (Å²) in [6.07, 6.45) is 1.58. The molecule has 1 heterocycles. The first-order valence-electron chi connectivity index (χ1n) is 10.9. The van der Waals surface area contributed by atoms with Crippen LogP contribution in [0.4, 0.5) is 5.69 Å². The van der Waals surface area contributed by atoms with E-state index in [0.717, 1.165) is 11.1 Å². The minimum absolute atomic E-state index is 0.0569. The van der Waals surface area contributed by atoms with Crippen LogP contribution in [0.3, 0.4) is 0 Å². The molecule has 3 aromatic carbocycles. The van der Waals surface area contributed by atoms with Gasteiger partial charge in [0.25, 0.3) is 0 Å². The molecule has 8 heteroatoms. The Balaban J connectivity index is 1.59. The minimum atomic E-state index is -3.81. The summed E-state index contributed by atoms with van der Waals surface area (Å²) in [6.45, 7) is 2.24. The van der Waals surface area contributed by atoms with Crippen molar-refractivity contribution in [3.63, 3.8) is 0 Å². The molecule has 0 unspecified atom stereocenters. The number of methoxy groups -OCH3 is 1. The van der Waals surface area contributed by atoms with Crippen LogP contribution < -0.4 is 4.74 Å². The molecule has 6 nitrogen and oxygen atoms in total. The van der Waals surface area contributed by atoms with E-state index in [2.05, 4.69) is 4.99 Å². The van der Waals surface area contributed by atoms with Gasteiger partial charge in [-0.05, 0) is 61.0 Å². The topological polar surface area (TPSA) is 72.1 Å². The van der Waals surface area contributed by atoms with E-state index < -0.39 is 10.0 Å². The quantitative estimate of drug-likeness (QED) is 0.245. The minimum Gasteiger partial charge on any atom is -0.494 e. The van der Waals surface area contributed by atoms with Crippen LogP contribution in [0, 0.1) is 6.92 Å². The van der Waals surface area contributed by atoms with E-state index in [-0.39, 0.29) is 18.0 Å². The van der Waals surface area contributed by atoms with Crippen molar-refractivity contribution in [2.45, 2.75) is 24.9 Å². The van der Waals surface area contributed by atoms with Gasteiger partial charge in [-0.3, -0.25) is 0 Å². The molecule has 0 aliphatic carbocycles. The lowest BCUT2D eigenvalue weighted by Gasteiger charge is -2.21. The van der Waals surface area contributed by atoms with Gasteiger partial charge in [-0.2, -0.15) is 4.31 Å². The van der Waals surface area contributed by atoms with Crippen LogP contribution in [-0.2, 0) is 23.1 Å². The maximum absolute atomic E-state index is 13.5. The second kappa shape index (κ2) is 10.9. The van der Waals surface area contributed by atoms with Gasteiger partial charge >= 0.3 is 0 Å². The van der Waals surface area contributed by atoms with Gasteiger partial charge in [0.1, 0.15) is 23.0 Å². The number of rotatable bonds is 9. The molecule has 0 aliphatic heterocycles. The number of hydrogen-bond donors (Lipinski definition) is 0. The fraction of sp³-hybridized carbons (Fsp3) is 0.148. The van der Waals surface area contributed by atoms with E-state index >= 15 is 0 Å². The van der Waals surface area contributed by atoms with Gasteiger partial charge in [-0.15, -0.1) is 0 Å². The first-order chi connectivity index (χ1) is 16.8. The van der Waals surface area contributed by atoms with Gasteiger partial charge < -0.3 is 9.15 Å². The van der Waals surface area contributed by atoms with Crippen LogP contribution >= 0.6 is 11.6 Å². The maximum Gasteiger partial charge on any atom is 0.243 e. The lowest BCUT2D eigenvalue weighted by molar-refractivity contribution is 0.357. The molecule has 0 spiro atoms. The van der Waals surface area contributed by atoms with E-state index in [1.807, 2.05) is 55.5 Å². The zero-order valence-corrected chi connectivity index (χ0v) is 21.0. The van der Waals surface area contributed by atoms with Crippen LogP contribution in [0.25, 0.3) is 0 Å². The van der Waals surface area contributed by atoms with Crippen molar-refractivity contribution in [2.24, 2.45) is 4.99 Å². The van der Waals surface area contributed by atoms with Gasteiger partial charge in [-0.1, -0.05) is 53.6 Å². The highest BCUT2D eigenvalue weighted by atomic mass is 35.5. The molecule has 1 aromatic heterocycles. The fourth-order valence-corrected chi connectivity index (χ4v) is 4.99. The van der Waals surface area contributed by atoms with Crippen molar-refractivity contribution in [1.29, 1.82) is 0 Å². The molecule has 0 fully saturated rings. The Morgan fingerprint density at radius 2 is 1.66 bits per heavy atom. The molecule has 0 N–H and O–H groups in total. The number of benzene rings is 3. The number of sulfonamides is 1. The third-order valence-corrected chi connectivity index (χ3v) is 7.42. The highest BCUT2D eigenvalue weighted by Crippen LogP contribution is 2.27. The summed E-state index contributed by atoms with van der Waals surface area (Å²) in [6, 6.07) is 24.8. The van der Waals surface area contributed by atoms with Gasteiger partial charge in [0.2, 0.25) is 10.0 Å². The number of aryl methyl sites for hydroxylation is 1. The number of ether oxygens (including phenoxy) is 1. The van der Waals surface area contributed by atoms with Crippen LogP contribution in [-0.4, -0.2) is 26.0 Å². The van der Waals surface area contributed by atoms with Gasteiger partial charge in [0.15, 0.2) is 0 Å². The second-order valence-electron chi connectivity index (χ2n) is 7.95. The van der Waals surface area contributed by atoms with E-state index in [9.17, 15) is 8.42 Å². The molecule has 4 rings (SSSR count). The summed E-state index contributed by atoms with van der Waals surface area (Å²) in [5.41, 5.74) is 2.64. The lowest BCUT2D eigenvalue weighted by atomic mass is 10.1. The molecule has 0 radical (unpaired) electrons. The predicted octanol–water partition coefficient (Wildman–Crippen LogP) is 6.39. The number of aliphatic imine (C=N–C) groups is 1. The Hall–Kier alpha value is -3.39. The van der Waals surface area contributed by atoms with E-state index in [4.69, 9.17) is 20.8 Å². The number of furan rings is 1. The zero-order valence-electron chi connectivity index (χ0n) is 19.4. The van der Waals surface area contributed by atoms with Crippen LogP contribution in [0.5, 0.6) is 5.75 Å². The zero-order chi connectivity index (χ0) is 24.8. The highest BCUT2D eigenvalue weighted by Gasteiger charge is 2.26. The summed E-state index contributed by atoms with van der Waals surface area (Å²) in [7, 11) is -2.23. The molecule has 0 saturated carbocycles.